The number of benzene rings is 1. The van der Waals surface area contributed by atoms with Gasteiger partial charge in [-0.15, -0.1) is 10.2 Å². The van der Waals surface area contributed by atoms with Crippen molar-refractivity contribution in [2.75, 3.05) is 49.1 Å². The predicted octanol–water partition coefficient (Wildman–Crippen LogP) is 3.50. The van der Waals surface area contributed by atoms with Gasteiger partial charge in [-0.1, -0.05) is 0 Å². The van der Waals surface area contributed by atoms with Crippen LogP contribution in [-0.4, -0.2) is 66.1 Å². The zero-order valence-corrected chi connectivity index (χ0v) is 19.4. The van der Waals surface area contributed by atoms with Crippen LogP contribution in [0.25, 0.3) is 11.5 Å². The van der Waals surface area contributed by atoms with E-state index in [1.807, 2.05) is 53.4 Å². The summed E-state index contributed by atoms with van der Waals surface area (Å²) in [7, 11) is 0. The van der Waals surface area contributed by atoms with Crippen LogP contribution in [0.3, 0.4) is 0 Å². The van der Waals surface area contributed by atoms with Gasteiger partial charge in [0.25, 0.3) is 0 Å². The third-order valence-electron chi connectivity index (χ3n) is 6.82. The number of hydrogen-bond donors (Lipinski definition) is 0. The molecule has 0 spiro atoms. The first-order valence-electron chi connectivity index (χ1n) is 11.9. The maximum atomic E-state index is 13.1. The van der Waals surface area contributed by atoms with Gasteiger partial charge >= 0.3 is 0 Å². The van der Waals surface area contributed by atoms with Gasteiger partial charge in [0.15, 0.2) is 17.4 Å². The molecular weight excluding hydrogens is 430 g/mol. The largest absolute Gasteiger partial charge is 0.463 e. The lowest BCUT2D eigenvalue weighted by molar-refractivity contribution is -0.136. The van der Waals surface area contributed by atoms with Gasteiger partial charge in [-0.2, -0.15) is 0 Å². The Morgan fingerprint density at radius 3 is 2.18 bits per heavy atom. The van der Waals surface area contributed by atoms with E-state index in [2.05, 4.69) is 20.0 Å². The third-order valence-corrected chi connectivity index (χ3v) is 6.82. The smallest absolute Gasteiger partial charge is 0.225 e. The molecule has 0 unspecified atom stereocenters. The normalized spacial score (nSPS) is 17.1. The van der Waals surface area contributed by atoms with Gasteiger partial charge in [0.05, 0.1) is 6.26 Å². The molecule has 0 bridgehead atoms. The van der Waals surface area contributed by atoms with Crippen LogP contribution >= 0.6 is 0 Å². The highest BCUT2D eigenvalue weighted by molar-refractivity contribution is 5.94. The molecule has 2 fully saturated rings. The van der Waals surface area contributed by atoms with Gasteiger partial charge in [-0.25, -0.2) is 0 Å². The summed E-state index contributed by atoms with van der Waals surface area (Å²) in [4.78, 5) is 31.1. The van der Waals surface area contributed by atoms with Crippen molar-refractivity contribution in [1.82, 2.24) is 15.1 Å². The number of furan rings is 1. The van der Waals surface area contributed by atoms with Crippen molar-refractivity contribution in [2.45, 2.75) is 19.8 Å². The molecule has 1 amide bonds. The van der Waals surface area contributed by atoms with Crippen LogP contribution < -0.4 is 9.80 Å². The van der Waals surface area contributed by atoms with Gasteiger partial charge in [-0.05, 0) is 68.3 Å². The molecule has 176 valence electrons. The maximum Gasteiger partial charge on any atom is 0.225 e. The van der Waals surface area contributed by atoms with Crippen LogP contribution in [0.15, 0.2) is 59.2 Å². The van der Waals surface area contributed by atoms with E-state index < -0.39 is 0 Å². The van der Waals surface area contributed by atoms with E-state index in [1.54, 1.807) is 13.2 Å². The van der Waals surface area contributed by atoms with E-state index in [0.717, 1.165) is 69.2 Å². The topological polar surface area (TPSA) is 82.8 Å². The summed E-state index contributed by atoms with van der Waals surface area (Å²) in [6, 6.07) is 15.3. The lowest BCUT2D eigenvalue weighted by atomic mass is 9.95. The fourth-order valence-corrected chi connectivity index (χ4v) is 4.76. The Morgan fingerprint density at radius 2 is 1.59 bits per heavy atom. The lowest BCUT2D eigenvalue weighted by Crippen LogP contribution is -2.51. The summed E-state index contributed by atoms with van der Waals surface area (Å²) in [5.74, 6) is 1.95. The zero-order chi connectivity index (χ0) is 23.5. The second-order valence-electron chi connectivity index (χ2n) is 8.93. The number of rotatable bonds is 5. The molecule has 1 aromatic carbocycles. The summed E-state index contributed by atoms with van der Waals surface area (Å²) in [6.45, 7) is 6.25. The molecule has 0 atom stereocenters. The van der Waals surface area contributed by atoms with Crippen molar-refractivity contribution in [2.24, 2.45) is 5.92 Å². The Morgan fingerprint density at radius 1 is 0.853 bits per heavy atom. The summed E-state index contributed by atoms with van der Waals surface area (Å²) in [6.07, 6.45) is 3.28. The maximum absolute atomic E-state index is 13.1. The quantitative estimate of drug-likeness (QED) is 0.540. The second kappa shape index (κ2) is 9.67. The highest BCUT2D eigenvalue weighted by Crippen LogP contribution is 2.26. The fourth-order valence-electron chi connectivity index (χ4n) is 4.76. The molecule has 2 aliphatic heterocycles. The average molecular weight is 460 g/mol. The number of hydrogen-bond acceptors (Lipinski definition) is 7. The van der Waals surface area contributed by atoms with Crippen molar-refractivity contribution >= 4 is 23.2 Å². The Labute approximate surface area is 199 Å². The van der Waals surface area contributed by atoms with E-state index in [-0.39, 0.29) is 17.6 Å². The van der Waals surface area contributed by atoms with Crippen LogP contribution in [-0.2, 0) is 4.79 Å². The van der Waals surface area contributed by atoms with E-state index in [9.17, 15) is 9.59 Å². The molecule has 2 aliphatic rings. The van der Waals surface area contributed by atoms with Crippen molar-refractivity contribution in [3.8, 4) is 11.5 Å². The number of piperidine rings is 1. The Hall–Kier alpha value is -3.68. The number of piperazine rings is 1. The number of carbonyl (C=O) groups is 2. The van der Waals surface area contributed by atoms with Gasteiger partial charge in [0.2, 0.25) is 5.91 Å². The van der Waals surface area contributed by atoms with Crippen LogP contribution in [0.2, 0.25) is 0 Å². The van der Waals surface area contributed by atoms with Crippen molar-refractivity contribution in [3.63, 3.8) is 0 Å². The minimum absolute atomic E-state index is 0.0630. The number of amides is 1. The SMILES string of the molecule is CC(=O)c1ccc(N2CCN(C(=O)C3CCN(c4ccc(-c5ccco5)nn4)CC3)CC2)cc1. The van der Waals surface area contributed by atoms with Crippen LogP contribution in [0.5, 0.6) is 0 Å². The zero-order valence-electron chi connectivity index (χ0n) is 19.4. The first kappa shape index (κ1) is 22.1. The monoisotopic (exact) mass is 459 g/mol. The molecular formula is C26H29N5O3. The molecule has 0 radical (unpaired) electrons. The van der Waals surface area contributed by atoms with Gasteiger partial charge in [0.1, 0.15) is 5.69 Å². The first-order chi connectivity index (χ1) is 16.6. The van der Waals surface area contributed by atoms with Crippen molar-refractivity contribution < 1.29 is 14.0 Å². The van der Waals surface area contributed by atoms with Gasteiger partial charge in [0, 0.05) is 56.4 Å². The van der Waals surface area contributed by atoms with Crippen molar-refractivity contribution in [1.29, 1.82) is 0 Å². The first-order valence-corrected chi connectivity index (χ1v) is 11.9. The fraction of sp³-hybridized carbons (Fsp3) is 0.385. The Balaban J connectivity index is 1.11. The van der Waals surface area contributed by atoms with Crippen molar-refractivity contribution in [3.05, 3.63) is 60.4 Å². The molecule has 4 heterocycles. The third kappa shape index (κ3) is 4.66. The molecule has 2 aromatic heterocycles. The number of Topliss-reactive ketones (excluding diaryl/α,β-unsaturated/α-hetero) is 1. The van der Waals surface area contributed by atoms with E-state index >= 15 is 0 Å². The molecule has 8 nitrogen and oxygen atoms in total. The van der Waals surface area contributed by atoms with Crippen LogP contribution in [0.1, 0.15) is 30.1 Å². The standard InChI is InChI=1S/C26H29N5O3/c1-19(32)20-4-6-22(7-5-20)29-14-16-31(17-15-29)26(33)21-10-12-30(13-11-21)25-9-8-23(27-28-25)24-3-2-18-34-24/h2-9,18,21H,10-17H2,1H3. The van der Waals surface area contributed by atoms with Crippen LogP contribution in [0, 0.1) is 5.92 Å². The molecule has 0 N–H and O–H groups in total. The number of anilines is 2. The second-order valence-corrected chi connectivity index (χ2v) is 8.93. The Bertz CT molecular complexity index is 1110. The highest BCUT2D eigenvalue weighted by atomic mass is 16.3. The summed E-state index contributed by atoms with van der Waals surface area (Å²) >= 11 is 0. The molecule has 0 saturated carbocycles. The summed E-state index contributed by atoms with van der Waals surface area (Å²) in [5, 5.41) is 8.65. The highest BCUT2D eigenvalue weighted by Gasteiger charge is 2.31. The molecule has 3 aromatic rings. The minimum Gasteiger partial charge on any atom is -0.463 e. The molecule has 5 rings (SSSR count). The van der Waals surface area contributed by atoms with E-state index in [1.165, 1.54) is 0 Å². The van der Waals surface area contributed by atoms with Gasteiger partial charge < -0.3 is 19.1 Å². The Kier molecular flexibility index (Phi) is 6.29. The number of carbonyl (C=O) groups excluding carboxylic acids is 2. The van der Waals surface area contributed by atoms with Gasteiger partial charge in [-0.3, -0.25) is 9.59 Å². The number of ketones is 1. The molecule has 2 saturated heterocycles. The summed E-state index contributed by atoms with van der Waals surface area (Å²) in [5.41, 5.74) is 2.54. The molecule has 0 aliphatic carbocycles. The molecule has 8 heteroatoms. The lowest BCUT2D eigenvalue weighted by Gasteiger charge is -2.39. The number of nitrogens with zero attached hydrogens (tertiary/aromatic N) is 5. The number of aromatic nitrogens is 2. The summed E-state index contributed by atoms with van der Waals surface area (Å²) < 4.78 is 5.37. The molecule has 34 heavy (non-hydrogen) atoms. The van der Waals surface area contributed by atoms with E-state index in [4.69, 9.17) is 4.42 Å². The van der Waals surface area contributed by atoms with E-state index in [0.29, 0.717) is 11.5 Å². The predicted molar refractivity (Wildman–Crippen MR) is 130 cm³/mol. The average Bonchev–Trinajstić information content (AvgIpc) is 3.44. The minimum atomic E-state index is 0.0630. The van der Waals surface area contributed by atoms with Crippen LogP contribution in [0.4, 0.5) is 11.5 Å².